The van der Waals surface area contributed by atoms with E-state index in [1.165, 1.54) is 0 Å². The van der Waals surface area contributed by atoms with Crippen LogP contribution in [0.15, 0.2) is 6.07 Å². The van der Waals surface area contributed by atoms with E-state index in [1.54, 1.807) is 9.58 Å². The molecular formula is C15H23N5O3. The Balaban J connectivity index is 1.57. The molecule has 0 radical (unpaired) electrons. The van der Waals surface area contributed by atoms with Crippen LogP contribution in [0.3, 0.4) is 0 Å². The summed E-state index contributed by atoms with van der Waals surface area (Å²) in [7, 11) is 0. The molecule has 126 valence electrons. The molecule has 1 aromatic rings. The molecule has 0 unspecified atom stereocenters. The molecule has 0 atom stereocenters. The molecule has 8 nitrogen and oxygen atoms in total. The Labute approximate surface area is 135 Å². The molecule has 8 heteroatoms. The zero-order valence-electron chi connectivity index (χ0n) is 13.8. The molecule has 1 aromatic heterocycles. The number of likely N-dealkylation sites (tertiary alicyclic amines) is 1. The van der Waals surface area contributed by atoms with E-state index in [0.29, 0.717) is 25.5 Å². The summed E-state index contributed by atoms with van der Waals surface area (Å²) in [5, 5.41) is 4.15. The predicted molar refractivity (Wildman–Crippen MR) is 83.7 cm³/mol. The number of hydrogen-bond donors (Lipinski definition) is 1. The van der Waals surface area contributed by atoms with Gasteiger partial charge in [-0.1, -0.05) is 0 Å². The lowest BCUT2D eigenvalue weighted by atomic mass is 10.1. The summed E-state index contributed by atoms with van der Waals surface area (Å²) in [5.41, 5.74) is 6.14. The average molecular weight is 321 g/mol. The zero-order chi connectivity index (χ0) is 16.8. The Bertz CT molecular complexity index is 628. The SMILES string of the molecule is CC(C)(C)OC(=O)N1CC(N2CCc3cc(N)nn3CC2=O)C1. The summed E-state index contributed by atoms with van der Waals surface area (Å²) in [6.45, 7) is 7.39. The van der Waals surface area contributed by atoms with Gasteiger partial charge in [0.05, 0.1) is 6.04 Å². The van der Waals surface area contributed by atoms with E-state index in [1.807, 2.05) is 31.7 Å². The summed E-state index contributed by atoms with van der Waals surface area (Å²) in [6, 6.07) is 1.86. The molecule has 1 saturated heterocycles. The molecule has 0 saturated carbocycles. The monoisotopic (exact) mass is 321 g/mol. The maximum atomic E-state index is 12.4. The molecule has 2 N–H and O–H groups in total. The van der Waals surface area contributed by atoms with E-state index in [9.17, 15) is 9.59 Å². The number of amides is 2. The maximum absolute atomic E-state index is 12.4. The smallest absolute Gasteiger partial charge is 0.410 e. The number of rotatable bonds is 1. The first-order chi connectivity index (χ1) is 10.7. The summed E-state index contributed by atoms with van der Waals surface area (Å²) >= 11 is 0. The van der Waals surface area contributed by atoms with Crippen molar-refractivity contribution in [3.05, 3.63) is 11.8 Å². The number of anilines is 1. The number of nitrogens with zero attached hydrogens (tertiary/aromatic N) is 4. The van der Waals surface area contributed by atoms with Gasteiger partial charge >= 0.3 is 6.09 Å². The number of nitrogens with two attached hydrogens (primary N) is 1. The lowest BCUT2D eigenvalue weighted by molar-refractivity contribution is -0.137. The molecule has 0 spiro atoms. The van der Waals surface area contributed by atoms with Crippen LogP contribution in [0, 0.1) is 0 Å². The van der Waals surface area contributed by atoms with Crippen LogP contribution in [-0.4, -0.2) is 62.9 Å². The second-order valence-corrected chi connectivity index (χ2v) is 7.09. The van der Waals surface area contributed by atoms with Gasteiger partial charge in [-0.15, -0.1) is 0 Å². The summed E-state index contributed by atoms with van der Waals surface area (Å²) in [4.78, 5) is 27.8. The van der Waals surface area contributed by atoms with E-state index in [-0.39, 0.29) is 24.6 Å². The van der Waals surface area contributed by atoms with Crippen molar-refractivity contribution in [2.75, 3.05) is 25.4 Å². The number of hydrogen-bond acceptors (Lipinski definition) is 5. The van der Waals surface area contributed by atoms with Crippen molar-refractivity contribution in [3.63, 3.8) is 0 Å². The van der Waals surface area contributed by atoms with Gasteiger partial charge in [0, 0.05) is 37.8 Å². The molecule has 1 fully saturated rings. The Morgan fingerprint density at radius 1 is 1.39 bits per heavy atom. The van der Waals surface area contributed by atoms with Crippen molar-refractivity contribution in [1.29, 1.82) is 0 Å². The summed E-state index contributed by atoms with van der Waals surface area (Å²) in [6.07, 6.45) is 0.399. The molecular weight excluding hydrogens is 298 g/mol. The van der Waals surface area contributed by atoms with Crippen LogP contribution in [0.2, 0.25) is 0 Å². The van der Waals surface area contributed by atoms with E-state index >= 15 is 0 Å². The maximum Gasteiger partial charge on any atom is 0.410 e. The normalized spacial score (nSPS) is 19.2. The molecule has 0 aliphatic carbocycles. The third-order valence-electron chi connectivity index (χ3n) is 4.05. The van der Waals surface area contributed by atoms with Crippen molar-refractivity contribution in [2.45, 2.75) is 45.4 Å². The van der Waals surface area contributed by atoms with Crippen molar-refractivity contribution >= 4 is 17.8 Å². The number of aromatic nitrogens is 2. The lowest BCUT2D eigenvalue weighted by Crippen LogP contribution is -2.63. The molecule has 2 amide bonds. The van der Waals surface area contributed by atoms with Gasteiger partial charge in [0.25, 0.3) is 0 Å². The van der Waals surface area contributed by atoms with Gasteiger partial charge in [-0.3, -0.25) is 9.48 Å². The van der Waals surface area contributed by atoms with Crippen LogP contribution in [0.5, 0.6) is 0 Å². The average Bonchev–Trinajstić information content (AvgIpc) is 2.62. The highest BCUT2D eigenvalue weighted by atomic mass is 16.6. The van der Waals surface area contributed by atoms with Gasteiger partial charge in [0.1, 0.15) is 18.0 Å². The zero-order valence-corrected chi connectivity index (χ0v) is 13.8. The van der Waals surface area contributed by atoms with Crippen molar-refractivity contribution in [2.24, 2.45) is 0 Å². The Kier molecular flexibility index (Phi) is 3.69. The fourth-order valence-corrected chi connectivity index (χ4v) is 2.91. The second-order valence-electron chi connectivity index (χ2n) is 7.09. The van der Waals surface area contributed by atoms with Crippen molar-refractivity contribution in [3.8, 4) is 0 Å². The first kappa shape index (κ1) is 15.6. The van der Waals surface area contributed by atoms with Gasteiger partial charge in [-0.25, -0.2) is 4.79 Å². The lowest BCUT2D eigenvalue weighted by Gasteiger charge is -2.45. The van der Waals surface area contributed by atoms with Crippen LogP contribution in [0.1, 0.15) is 26.5 Å². The molecule has 23 heavy (non-hydrogen) atoms. The predicted octanol–water partition coefficient (Wildman–Crippen LogP) is 0.469. The van der Waals surface area contributed by atoms with E-state index in [2.05, 4.69) is 5.10 Å². The van der Waals surface area contributed by atoms with Gasteiger partial charge in [-0.2, -0.15) is 5.10 Å². The standard InChI is InChI=1S/C15H23N5O3/c1-15(2,3)23-14(22)18-7-11(8-18)19-5-4-10-6-12(16)17-20(10)9-13(19)21/h6,11H,4-5,7-9H2,1-3H3,(H2,16,17). The number of nitrogen functional groups attached to an aromatic ring is 1. The molecule has 0 bridgehead atoms. The Morgan fingerprint density at radius 3 is 2.74 bits per heavy atom. The van der Waals surface area contributed by atoms with Crippen molar-refractivity contribution < 1.29 is 14.3 Å². The topological polar surface area (TPSA) is 93.7 Å². The number of ether oxygens (including phenoxy) is 1. The van der Waals surface area contributed by atoms with Crippen LogP contribution >= 0.6 is 0 Å². The largest absolute Gasteiger partial charge is 0.444 e. The molecule has 2 aliphatic rings. The number of fused-ring (bicyclic) bond motifs is 1. The van der Waals surface area contributed by atoms with Crippen LogP contribution < -0.4 is 5.73 Å². The van der Waals surface area contributed by atoms with Crippen molar-refractivity contribution in [1.82, 2.24) is 19.6 Å². The van der Waals surface area contributed by atoms with Crippen LogP contribution in [0.25, 0.3) is 0 Å². The Morgan fingerprint density at radius 2 is 2.09 bits per heavy atom. The van der Waals surface area contributed by atoms with Crippen LogP contribution in [-0.2, 0) is 22.5 Å². The third kappa shape index (κ3) is 3.25. The quantitative estimate of drug-likeness (QED) is 0.811. The Hall–Kier alpha value is -2.25. The summed E-state index contributed by atoms with van der Waals surface area (Å²) in [5.74, 6) is 0.460. The molecule has 0 aromatic carbocycles. The second kappa shape index (κ2) is 5.43. The minimum absolute atomic E-state index is 0.0145. The minimum Gasteiger partial charge on any atom is -0.444 e. The van der Waals surface area contributed by atoms with Gasteiger partial charge in [0.2, 0.25) is 5.91 Å². The highest BCUT2D eigenvalue weighted by Crippen LogP contribution is 2.22. The van der Waals surface area contributed by atoms with E-state index in [4.69, 9.17) is 10.5 Å². The summed E-state index contributed by atoms with van der Waals surface area (Å²) < 4.78 is 7.00. The molecule has 3 rings (SSSR count). The third-order valence-corrected chi connectivity index (χ3v) is 4.05. The molecule has 3 heterocycles. The van der Waals surface area contributed by atoms with Gasteiger partial charge < -0.3 is 20.3 Å². The first-order valence-corrected chi connectivity index (χ1v) is 7.82. The fraction of sp³-hybridized carbons (Fsp3) is 0.667. The van der Waals surface area contributed by atoms with Crippen LogP contribution in [0.4, 0.5) is 10.6 Å². The highest BCUT2D eigenvalue weighted by Gasteiger charge is 2.39. The van der Waals surface area contributed by atoms with E-state index < -0.39 is 5.60 Å². The minimum atomic E-state index is -0.504. The molecule has 2 aliphatic heterocycles. The van der Waals surface area contributed by atoms with Gasteiger partial charge in [0.15, 0.2) is 0 Å². The highest BCUT2D eigenvalue weighted by molar-refractivity contribution is 5.78. The van der Waals surface area contributed by atoms with Gasteiger partial charge in [-0.05, 0) is 20.8 Å². The number of carbonyl (C=O) groups is 2. The van der Waals surface area contributed by atoms with E-state index in [0.717, 1.165) is 12.1 Å². The fourth-order valence-electron chi connectivity index (χ4n) is 2.91. The number of carbonyl (C=O) groups excluding carboxylic acids is 2. The first-order valence-electron chi connectivity index (χ1n) is 7.82.